The van der Waals surface area contributed by atoms with Crippen LogP contribution in [0.2, 0.25) is 0 Å². The number of nitrogens with one attached hydrogen (secondary N) is 3. The average Bonchev–Trinajstić information content (AvgIpc) is 2.72. The van der Waals surface area contributed by atoms with Gasteiger partial charge in [-0.1, -0.05) is 58.0 Å². The third kappa shape index (κ3) is 10.2. The Bertz CT molecular complexity index is 833. The molecule has 0 saturated heterocycles. The summed E-state index contributed by atoms with van der Waals surface area (Å²) in [6.45, 7) is 13.9. The monoisotopic (exact) mass is 477 g/mol. The van der Waals surface area contributed by atoms with E-state index >= 15 is 0 Å². The number of amides is 3. The van der Waals surface area contributed by atoms with E-state index in [0.717, 1.165) is 5.56 Å². The Morgan fingerprint density at radius 2 is 1.35 bits per heavy atom. The molecule has 0 fully saturated rings. The minimum atomic E-state index is -0.947. The molecule has 0 aromatic heterocycles. The number of rotatable bonds is 10. The van der Waals surface area contributed by atoms with Gasteiger partial charge >= 0.3 is 12.1 Å². The Labute approximate surface area is 202 Å². The van der Waals surface area contributed by atoms with Gasteiger partial charge < -0.3 is 25.4 Å². The lowest BCUT2D eigenvalue weighted by molar-refractivity contribution is -0.150. The van der Waals surface area contributed by atoms with Crippen molar-refractivity contribution in [1.29, 1.82) is 0 Å². The van der Waals surface area contributed by atoms with E-state index in [4.69, 9.17) is 9.47 Å². The van der Waals surface area contributed by atoms with Crippen LogP contribution in [0.4, 0.5) is 4.79 Å². The SMILES string of the molecule is CC(C)[C@H](NC(=O)OC(C)(C)C)C(=O)N[C@@H](C)C(=O)N[C@H](C(=O)OCc1ccccc1)C(C)C. The molecule has 9 heteroatoms. The van der Waals surface area contributed by atoms with Gasteiger partial charge in [-0.15, -0.1) is 0 Å². The second-order valence-corrected chi connectivity index (χ2v) is 9.92. The molecule has 1 aromatic rings. The molecule has 0 aliphatic rings. The van der Waals surface area contributed by atoms with E-state index in [0.29, 0.717) is 0 Å². The third-order valence-corrected chi connectivity index (χ3v) is 4.82. The fraction of sp³-hybridized carbons (Fsp3) is 0.600. The second-order valence-electron chi connectivity index (χ2n) is 9.92. The van der Waals surface area contributed by atoms with Crippen LogP contribution in [0.1, 0.15) is 61.0 Å². The van der Waals surface area contributed by atoms with Crippen molar-refractivity contribution in [2.24, 2.45) is 11.8 Å². The molecule has 0 unspecified atom stereocenters. The van der Waals surface area contributed by atoms with E-state index < -0.39 is 47.6 Å². The molecule has 3 N–H and O–H groups in total. The number of carbonyl (C=O) groups excluding carboxylic acids is 4. The number of hydrogen-bond donors (Lipinski definition) is 3. The van der Waals surface area contributed by atoms with Crippen molar-refractivity contribution < 1.29 is 28.7 Å². The van der Waals surface area contributed by atoms with Crippen LogP contribution in [0.3, 0.4) is 0 Å². The van der Waals surface area contributed by atoms with Gasteiger partial charge in [-0.3, -0.25) is 9.59 Å². The van der Waals surface area contributed by atoms with Gasteiger partial charge in [0, 0.05) is 0 Å². The second kappa shape index (κ2) is 13.0. The maximum Gasteiger partial charge on any atom is 0.408 e. The standard InChI is InChI=1S/C25H39N3O6/c1-15(2)19(28-24(32)34-25(6,7)8)22(30)26-17(5)21(29)27-20(16(3)4)23(31)33-14-18-12-10-9-11-13-18/h9-13,15-17,19-20H,14H2,1-8H3,(H,26,30)(H,27,29)(H,28,32)/t17-,19-,20-/m0/s1. The zero-order chi connectivity index (χ0) is 26.1. The van der Waals surface area contributed by atoms with Crippen LogP contribution in [0.25, 0.3) is 0 Å². The Balaban J connectivity index is 2.72. The molecule has 1 rings (SSSR count). The highest BCUT2D eigenvalue weighted by atomic mass is 16.6. The van der Waals surface area contributed by atoms with Crippen LogP contribution < -0.4 is 16.0 Å². The maximum atomic E-state index is 12.8. The van der Waals surface area contributed by atoms with Crippen LogP contribution in [0.5, 0.6) is 0 Å². The Kier molecular flexibility index (Phi) is 11.0. The summed E-state index contributed by atoms with van der Waals surface area (Å²) >= 11 is 0. The molecule has 3 atom stereocenters. The fourth-order valence-electron chi connectivity index (χ4n) is 2.93. The highest BCUT2D eigenvalue weighted by Crippen LogP contribution is 2.10. The molecule has 0 spiro atoms. The number of ether oxygens (including phenoxy) is 2. The molecular weight excluding hydrogens is 438 g/mol. The number of hydrogen-bond acceptors (Lipinski definition) is 6. The van der Waals surface area contributed by atoms with Crippen molar-refractivity contribution in [3.63, 3.8) is 0 Å². The van der Waals surface area contributed by atoms with Gasteiger partial charge in [-0.2, -0.15) is 0 Å². The van der Waals surface area contributed by atoms with E-state index in [1.54, 1.807) is 48.5 Å². The third-order valence-electron chi connectivity index (χ3n) is 4.82. The molecule has 0 aliphatic carbocycles. The smallest absolute Gasteiger partial charge is 0.408 e. The molecule has 0 heterocycles. The Hall–Kier alpha value is -3.10. The van der Waals surface area contributed by atoms with E-state index in [-0.39, 0.29) is 18.4 Å². The summed E-state index contributed by atoms with van der Waals surface area (Å²) in [5, 5.41) is 7.80. The molecule has 0 aliphatic heterocycles. The number of esters is 1. The first kappa shape index (κ1) is 28.9. The van der Waals surface area contributed by atoms with Crippen LogP contribution in [0, 0.1) is 11.8 Å². The molecule has 3 amide bonds. The molecule has 34 heavy (non-hydrogen) atoms. The normalized spacial score (nSPS) is 14.1. The number of benzene rings is 1. The van der Waals surface area contributed by atoms with E-state index in [1.807, 2.05) is 30.3 Å². The lowest BCUT2D eigenvalue weighted by atomic mass is 10.0. The predicted octanol–water partition coefficient (Wildman–Crippen LogP) is 2.92. The van der Waals surface area contributed by atoms with Gasteiger partial charge in [0.1, 0.15) is 30.3 Å². The molecule has 9 nitrogen and oxygen atoms in total. The largest absolute Gasteiger partial charge is 0.459 e. The lowest BCUT2D eigenvalue weighted by Crippen LogP contribution is -2.57. The number of alkyl carbamates (subject to hydrolysis) is 1. The first-order chi connectivity index (χ1) is 15.7. The van der Waals surface area contributed by atoms with Crippen molar-refractivity contribution >= 4 is 23.9 Å². The summed E-state index contributed by atoms with van der Waals surface area (Å²) in [4.78, 5) is 50.2. The summed E-state index contributed by atoms with van der Waals surface area (Å²) in [7, 11) is 0. The summed E-state index contributed by atoms with van der Waals surface area (Å²) in [5.41, 5.74) is 0.124. The van der Waals surface area contributed by atoms with E-state index in [2.05, 4.69) is 16.0 Å². The fourth-order valence-corrected chi connectivity index (χ4v) is 2.93. The van der Waals surface area contributed by atoms with E-state index in [1.165, 1.54) is 6.92 Å². The van der Waals surface area contributed by atoms with Crippen molar-refractivity contribution in [1.82, 2.24) is 16.0 Å². The van der Waals surface area contributed by atoms with Gasteiger partial charge in [0.05, 0.1) is 0 Å². The van der Waals surface area contributed by atoms with Crippen LogP contribution in [-0.4, -0.2) is 47.6 Å². The van der Waals surface area contributed by atoms with Crippen LogP contribution in [-0.2, 0) is 30.5 Å². The first-order valence-electron chi connectivity index (χ1n) is 11.5. The van der Waals surface area contributed by atoms with Crippen molar-refractivity contribution in [3.8, 4) is 0 Å². The minimum Gasteiger partial charge on any atom is -0.459 e. The quantitative estimate of drug-likeness (QED) is 0.445. The van der Waals surface area contributed by atoms with E-state index in [9.17, 15) is 19.2 Å². The van der Waals surface area contributed by atoms with Gasteiger partial charge in [0.25, 0.3) is 0 Å². The molecular formula is C25H39N3O6. The topological polar surface area (TPSA) is 123 Å². The van der Waals surface area contributed by atoms with Crippen molar-refractivity contribution in [2.75, 3.05) is 0 Å². The summed E-state index contributed by atoms with van der Waals surface area (Å²) < 4.78 is 10.6. The number of carbonyl (C=O) groups is 4. The summed E-state index contributed by atoms with van der Waals surface area (Å²) in [6, 6.07) is 6.50. The Morgan fingerprint density at radius 1 is 0.794 bits per heavy atom. The van der Waals surface area contributed by atoms with Gasteiger partial charge in [0.15, 0.2) is 0 Å². The highest BCUT2D eigenvalue weighted by molar-refractivity contribution is 5.93. The molecule has 0 radical (unpaired) electrons. The summed E-state index contributed by atoms with van der Waals surface area (Å²) in [5.74, 6) is -2.11. The van der Waals surface area contributed by atoms with Crippen molar-refractivity contribution in [2.45, 2.75) is 85.7 Å². The zero-order valence-electron chi connectivity index (χ0n) is 21.4. The summed E-state index contributed by atoms with van der Waals surface area (Å²) in [6.07, 6.45) is -0.723. The minimum absolute atomic E-state index is 0.0947. The zero-order valence-corrected chi connectivity index (χ0v) is 21.4. The molecule has 190 valence electrons. The molecule has 0 saturated carbocycles. The predicted molar refractivity (Wildman–Crippen MR) is 129 cm³/mol. The van der Waals surface area contributed by atoms with Crippen LogP contribution in [0.15, 0.2) is 30.3 Å². The van der Waals surface area contributed by atoms with Gasteiger partial charge in [-0.25, -0.2) is 9.59 Å². The lowest BCUT2D eigenvalue weighted by Gasteiger charge is -2.27. The molecule has 0 bridgehead atoms. The van der Waals surface area contributed by atoms with Gasteiger partial charge in [0.2, 0.25) is 11.8 Å². The highest BCUT2D eigenvalue weighted by Gasteiger charge is 2.31. The van der Waals surface area contributed by atoms with Crippen molar-refractivity contribution in [3.05, 3.63) is 35.9 Å². The maximum absolute atomic E-state index is 12.8. The van der Waals surface area contributed by atoms with Gasteiger partial charge in [-0.05, 0) is 45.1 Å². The van der Waals surface area contributed by atoms with Crippen LogP contribution >= 0.6 is 0 Å². The molecule has 1 aromatic carbocycles. The first-order valence-corrected chi connectivity index (χ1v) is 11.5. The average molecular weight is 478 g/mol. The Morgan fingerprint density at radius 3 is 1.85 bits per heavy atom.